The molecule has 0 aliphatic carbocycles. The normalized spacial score (nSPS) is 10.7. The van der Waals surface area contributed by atoms with Crippen LogP contribution in [0.1, 0.15) is 18.9 Å². The molecule has 0 atom stereocenters. The summed E-state index contributed by atoms with van der Waals surface area (Å²) in [6, 6.07) is 12.7. The van der Waals surface area contributed by atoms with E-state index >= 15 is 0 Å². The molecule has 0 aromatic heterocycles. The predicted molar refractivity (Wildman–Crippen MR) is 105 cm³/mol. The largest absolute Gasteiger partial charge is 0.478 e. The van der Waals surface area contributed by atoms with E-state index in [4.69, 9.17) is 10.00 Å². The molecule has 0 aliphatic rings. The summed E-state index contributed by atoms with van der Waals surface area (Å²) in [5.41, 5.74) is 1.37. The average molecular weight is 395 g/mol. The van der Waals surface area contributed by atoms with Gasteiger partial charge >= 0.3 is 12.1 Å². The number of nitro groups is 1. The van der Waals surface area contributed by atoms with Crippen LogP contribution in [-0.4, -0.2) is 28.7 Å². The molecule has 0 bridgehead atoms. The predicted octanol–water partition coefficient (Wildman–Crippen LogP) is 4.21. The van der Waals surface area contributed by atoms with Crippen LogP contribution < -0.4 is 5.32 Å². The molecule has 2 aromatic carbocycles. The molecule has 0 spiro atoms. The maximum Gasteiger partial charge on any atom is 0.411 e. The maximum absolute atomic E-state index is 11.4. The van der Waals surface area contributed by atoms with Crippen molar-refractivity contribution in [2.45, 2.75) is 13.3 Å². The molecular weight excluding hydrogens is 378 g/mol. The van der Waals surface area contributed by atoms with Crippen molar-refractivity contribution in [2.75, 3.05) is 11.9 Å². The van der Waals surface area contributed by atoms with E-state index in [1.165, 1.54) is 18.2 Å². The summed E-state index contributed by atoms with van der Waals surface area (Å²) in [6.45, 7) is 1.93. The quantitative estimate of drug-likeness (QED) is 0.406. The molecule has 0 radical (unpaired) electrons. The van der Waals surface area contributed by atoms with Crippen LogP contribution in [0.2, 0.25) is 0 Å². The van der Waals surface area contributed by atoms with Gasteiger partial charge in [-0.3, -0.25) is 15.4 Å². The Morgan fingerprint density at radius 3 is 2.45 bits per heavy atom. The number of nitriles is 1. The molecule has 0 saturated carbocycles. The molecule has 2 N–H and O–H groups in total. The van der Waals surface area contributed by atoms with Gasteiger partial charge in [-0.1, -0.05) is 12.1 Å². The van der Waals surface area contributed by atoms with Crippen molar-refractivity contribution < 1.29 is 24.4 Å². The SMILES string of the molecule is CCOC(=O)Nc1ccc(-c2ccc([N+](=O)[O-])c(C=C(CC#N)C(=O)O)c2)cc1. The number of rotatable bonds is 7. The van der Waals surface area contributed by atoms with Gasteiger partial charge < -0.3 is 9.84 Å². The molecule has 0 saturated heterocycles. The highest BCUT2D eigenvalue weighted by molar-refractivity contribution is 5.93. The van der Waals surface area contributed by atoms with Crippen molar-refractivity contribution in [3.63, 3.8) is 0 Å². The minimum Gasteiger partial charge on any atom is -0.478 e. The first-order valence-corrected chi connectivity index (χ1v) is 8.49. The standard InChI is InChI=1S/C20H17N3O6/c1-2-29-20(26)22-17-6-3-13(4-7-17)14-5-8-18(23(27)28)16(11-14)12-15(9-10-21)19(24)25/h3-8,11-12H,2,9H2,1H3,(H,22,26)(H,24,25). The Balaban J connectivity index is 2.41. The second-order valence-corrected chi connectivity index (χ2v) is 5.76. The van der Waals surface area contributed by atoms with E-state index in [2.05, 4.69) is 5.32 Å². The number of carbonyl (C=O) groups excluding carboxylic acids is 1. The first-order valence-electron chi connectivity index (χ1n) is 8.49. The summed E-state index contributed by atoms with van der Waals surface area (Å²) in [5, 5.41) is 31.8. The lowest BCUT2D eigenvalue weighted by atomic mass is 9.99. The third-order valence-electron chi connectivity index (χ3n) is 3.84. The fourth-order valence-corrected chi connectivity index (χ4v) is 2.51. The zero-order valence-corrected chi connectivity index (χ0v) is 15.4. The zero-order chi connectivity index (χ0) is 21.4. The van der Waals surface area contributed by atoms with Crippen LogP contribution in [0.4, 0.5) is 16.2 Å². The Hall–Kier alpha value is -4.19. The molecule has 0 heterocycles. The molecule has 0 fully saturated rings. The number of aliphatic carboxylic acids is 1. The summed E-state index contributed by atoms with van der Waals surface area (Å²) in [6.07, 6.45) is 0.163. The second-order valence-electron chi connectivity index (χ2n) is 5.76. The first-order chi connectivity index (χ1) is 13.8. The van der Waals surface area contributed by atoms with Gasteiger partial charge in [0.15, 0.2) is 0 Å². The lowest BCUT2D eigenvalue weighted by Crippen LogP contribution is -2.13. The van der Waals surface area contributed by atoms with Crippen molar-refractivity contribution in [1.29, 1.82) is 5.26 Å². The van der Waals surface area contributed by atoms with E-state index in [1.54, 1.807) is 37.3 Å². The van der Waals surface area contributed by atoms with E-state index in [9.17, 15) is 24.8 Å². The Kier molecular flexibility index (Phi) is 7.03. The summed E-state index contributed by atoms with van der Waals surface area (Å²) in [4.78, 5) is 33.4. The number of nitro benzene ring substituents is 1. The number of carboxylic acid groups (broad SMARTS) is 1. The first kappa shape index (κ1) is 21.1. The van der Waals surface area contributed by atoms with Gasteiger partial charge in [-0.25, -0.2) is 9.59 Å². The molecular formula is C20H17N3O6. The van der Waals surface area contributed by atoms with Crippen LogP contribution in [-0.2, 0) is 9.53 Å². The van der Waals surface area contributed by atoms with E-state index in [1.807, 2.05) is 0 Å². The Morgan fingerprint density at radius 2 is 1.90 bits per heavy atom. The van der Waals surface area contributed by atoms with Gasteiger partial charge in [-0.15, -0.1) is 0 Å². The molecule has 9 heteroatoms. The fraction of sp³-hybridized carbons (Fsp3) is 0.150. The number of carbonyl (C=O) groups is 2. The third-order valence-corrected chi connectivity index (χ3v) is 3.84. The monoisotopic (exact) mass is 395 g/mol. The van der Waals surface area contributed by atoms with Gasteiger partial charge in [-0.05, 0) is 48.4 Å². The van der Waals surface area contributed by atoms with Crippen molar-refractivity contribution in [1.82, 2.24) is 0 Å². The van der Waals surface area contributed by atoms with Crippen LogP contribution in [0.15, 0.2) is 48.0 Å². The zero-order valence-electron chi connectivity index (χ0n) is 15.4. The van der Waals surface area contributed by atoms with Crippen molar-refractivity contribution in [3.05, 3.63) is 63.7 Å². The van der Waals surface area contributed by atoms with Crippen molar-refractivity contribution >= 4 is 29.5 Å². The number of nitrogens with one attached hydrogen (secondary N) is 1. The minimum absolute atomic E-state index is 0.0777. The highest BCUT2D eigenvalue weighted by Gasteiger charge is 2.16. The van der Waals surface area contributed by atoms with Crippen LogP contribution in [0.5, 0.6) is 0 Å². The number of nitrogens with zero attached hydrogens (tertiary/aromatic N) is 2. The third kappa shape index (κ3) is 5.64. The fourth-order valence-electron chi connectivity index (χ4n) is 2.51. The van der Waals surface area contributed by atoms with E-state index in [0.717, 1.165) is 6.08 Å². The molecule has 0 unspecified atom stereocenters. The molecule has 2 rings (SSSR count). The highest BCUT2D eigenvalue weighted by atomic mass is 16.6. The van der Waals surface area contributed by atoms with Crippen LogP contribution in [0.3, 0.4) is 0 Å². The topological polar surface area (TPSA) is 143 Å². The molecule has 29 heavy (non-hydrogen) atoms. The second kappa shape index (κ2) is 9.66. The number of benzene rings is 2. The van der Waals surface area contributed by atoms with Crippen LogP contribution >= 0.6 is 0 Å². The van der Waals surface area contributed by atoms with Gasteiger partial charge in [0.1, 0.15) is 0 Å². The molecule has 1 amide bonds. The number of hydrogen-bond donors (Lipinski definition) is 2. The summed E-state index contributed by atoms with van der Waals surface area (Å²) >= 11 is 0. The number of ether oxygens (including phenoxy) is 1. The van der Waals surface area contributed by atoms with Gasteiger partial charge in [0.2, 0.25) is 0 Å². The smallest absolute Gasteiger partial charge is 0.411 e. The summed E-state index contributed by atoms with van der Waals surface area (Å²) in [7, 11) is 0. The number of hydrogen-bond acceptors (Lipinski definition) is 6. The summed E-state index contributed by atoms with van der Waals surface area (Å²) in [5.74, 6) is -1.32. The lowest BCUT2D eigenvalue weighted by Gasteiger charge is -2.08. The van der Waals surface area contributed by atoms with Crippen molar-refractivity contribution in [3.8, 4) is 17.2 Å². The van der Waals surface area contributed by atoms with Crippen LogP contribution in [0.25, 0.3) is 17.2 Å². The Morgan fingerprint density at radius 1 is 1.24 bits per heavy atom. The molecule has 9 nitrogen and oxygen atoms in total. The molecule has 0 aliphatic heterocycles. The minimum atomic E-state index is -1.32. The maximum atomic E-state index is 11.4. The average Bonchev–Trinajstić information content (AvgIpc) is 2.68. The van der Waals surface area contributed by atoms with E-state index in [0.29, 0.717) is 16.8 Å². The van der Waals surface area contributed by atoms with E-state index < -0.39 is 17.0 Å². The van der Waals surface area contributed by atoms with Crippen LogP contribution in [0, 0.1) is 21.4 Å². The molecule has 2 aromatic rings. The van der Waals surface area contributed by atoms with Crippen molar-refractivity contribution in [2.24, 2.45) is 0 Å². The van der Waals surface area contributed by atoms with Gasteiger partial charge in [0.25, 0.3) is 5.69 Å². The van der Waals surface area contributed by atoms with Gasteiger partial charge in [0, 0.05) is 11.8 Å². The van der Waals surface area contributed by atoms with E-state index in [-0.39, 0.29) is 29.9 Å². The van der Waals surface area contributed by atoms with Gasteiger partial charge in [0.05, 0.1) is 35.2 Å². The number of anilines is 1. The summed E-state index contributed by atoms with van der Waals surface area (Å²) < 4.78 is 4.80. The highest BCUT2D eigenvalue weighted by Crippen LogP contribution is 2.29. The lowest BCUT2D eigenvalue weighted by molar-refractivity contribution is -0.385. The van der Waals surface area contributed by atoms with Gasteiger partial charge in [-0.2, -0.15) is 5.26 Å². The Bertz CT molecular complexity index is 1010. The number of amides is 1. The Labute approximate surface area is 166 Å². The number of carboxylic acids is 1. The molecule has 148 valence electrons.